The van der Waals surface area contributed by atoms with Crippen LogP contribution in [0.25, 0.3) is 0 Å². The Morgan fingerprint density at radius 1 is 0.632 bits per heavy atom. The zero-order chi connectivity index (χ0) is 14.2. The molecule has 4 heteroatoms. The lowest BCUT2D eigenvalue weighted by molar-refractivity contribution is 0.445. The molecule has 2 aromatic rings. The summed E-state index contributed by atoms with van der Waals surface area (Å²) in [5.41, 5.74) is 2.18. The van der Waals surface area contributed by atoms with Crippen LogP contribution in [0, 0.1) is 13.8 Å². The van der Waals surface area contributed by atoms with Gasteiger partial charge in [-0.1, -0.05) is 0 Å². The third-order valence-corrected chi connectivity index (χ3v) is 3.44. The summed E-state index contributed by atoms with van der Waals surface area (Å²) < 4.78 is 0. The number of aromatic hydroxyl groups is 4. The van der Waals surface area contributed by atoms with Crippen molar-refractivity contribution < 1.29 is 20.4 Å². The van der Waals surface area contributed by atoms with Crippen LogP contribution in [0.15, 0.2) is 24.3 Å². The monoisotopic (exact) mass is 260 g/mol. The van der Waals surface area contributed by atoms with Gasteiger partial charge in [0.15, 0.2) is 0 Å². The number of phenolic OH excluding ortho intramolecular Hbond substituents is 4. The summed E-state index contributed by atoms with van der Waals surface area (Å²) in [7, 11) is 0. The van der Waals surface area contributed by atoms with Gasteiger partial charge >= 0.3 is 0 Å². The van der Waals surface area contributed by atoms with Gasteiger partial charge in [-0.3, -0.25) is 0 Å². The summed E-state index contributed by atoms with van der Waals surface area (Å²) in [4.78, 5) is 0. The quantitative estimate of drug-likeness (QED) is 0.626. The molecule has 0 saturated heterocycles. The molecule has 0 unspecified atom stereocenters. The predicted molar refractivity (Wildman–Crippen MR) is 71.8 cm³/mol. The number of rotatable bonds is 2. The maximum atomic E-state index is 9.87. The summed E-state index contributed by atoms with van der Waals surface area (Å²) >= 11 is 0. The first-order chi connectivity index (χ1) is 8.91. The van der Waals surface area contributed by atoms with E-state index in [2.05, 4.69) is 0 Å². The molecular weight excluding hydrogens is 244 g/mol. The summed E-state index contributed by atoms with van der Waals surface area (Å²) in [6.45, 7) is 3.39. The van der Waals surface area contributed by atoms with Crippen molar-refractivity contribution in [3.05, 3.63) is 46.5 Å². The molecule has 4 nitrogen and oxygen atoms in total. The van der Waals surface area contributed by atoms with Gasteiger partial charge in [-0.2, -0.15) is 0 Å². The van der Waals surface area contributed by atoms with Crippen molar-refractivity contribution in [2.24, 2.45) is 0 Å². The van der Waals surface area contributed by atoms with E-state index in [0.717, 1.165) is 0 Å². The molecule has 2 aromatic carbocycles. The van der Waals surface area contributed by atoms with E-state index in [9.17, 15) is 20.4 Å². The fraction of sp³-hybridized carbons (Fsp3) is 0.200. The Kier molecular flexibility index (Phi) is 3.25. The van der Waals surface area contributed by atoms with E-state index >= 15 is 0 Å². The molecule has 0 amide bonds. The van der Waals surface area contributed by atoms with Gasteiger partial charge in [0.25, 0.3) is 0 Å². The van der Waals surface area contributed by atoms with Gasteiger partial charge in [0, 0.05) is 17.5 Å². The Morgan fingerprint density at radius 2 is 0.947 bits per heavy atom. The van der Waals surface area contributed by atoms with Crippen molar-refractivity contribution in [1.82, 2.24) is 0 Å². The molecule has 0 radical (unpaired) electrons. The second-order valence-electron chi connectivity index (χ2n) is 4.59. The minimum absolute atomic E-state index is 0.0532. The Labute approximate surface area is 111 Å². The van der Waals surface area contributed by atoms with Crippen molar-refractivity contribution >= 4 is 0 Å². The number of benzene rings is 2. The van der Waals surface area contributed by atoms with E-state index in [1.807, 2.05) is 0 Å². The van der Waals surface area contributed by atoms with Crippen LogP contribution < -0.4 is 0 Å². The molecule has 0 spiro atoms. The average molecular weight is 260 g/mol. The van der Waals surface area contributed by atoms with Crippen LogP contribution >= 0.6 is 0 Å². The molecular formula is C15H16O4. The normalized spacial score (nSPS) is 10.6. The van der Waals surface area contributed by atoms with E-state index in [-0.39, 0.29) is 29.4 Å². The third-order valence-electron chi connectivity index (χ3n) is 3.44. The van der Waals surface area contributed by atoms with Crippen LogP contribution in [0.4, 0.5) is 0 Å². The molecule has 0 aromatic heterocycles. The fourth-order valence-corrected chi connectivity index (χ4v) is 2.08. The van der Waals surface area contributed by atoms with E-state index in [0.29, 0.717) is 22.3 Å². The maximum Gasteiger partial charge on any atom is 0.119 e. The minimum Gasteiger partial charge on any atom is -0.508 e. The van der Waals surface area contributed by atoms with Crippen LogP contribution in [-0.2, 0) is 6.42 Å². The van der Waals surface area contributed by atoms with Gasteiger partial charge in [-0.05, 0) is 49.2 Å². The number of phenols is 4. The minimum atomic E-state index is 0.0532. The highest BCUT2D eigenvalue weighted by Gasteiger charge is 2.15. The Balaban J connectivity index is 2.54. The van der Waals surface area contributed by atoms with Crippen LogP contribution in [0.3, 0.4) is 0 Å². The molecule has 0 aliphatic rings. The van der Waals surface area contributed by atoms with Gasteiger partial charge in [0.2, 0.25) is 0 Å². The lowest BCUT2D eigenvalue weighted by atomic mass is 9.95. The Hall–Kier alpha value is -2.36. The SMILES string of the molecule is Cc1c(O)ccc(O)c1Cc1c(O)ccc(O)c1C. The molecule has 0 heterocycles. The standard InChI is InChI=1S/C15H16O4/c1-8-10(14(18)5-3-12(8)16)7-11-9(2)13(17)4-6-15(11)19/h3-6,16-19H,7H2,1-2H3. The molecule has 0 fully saturated rings. The number of hydrogen-bond donors (Lipinski definition) is 4. The van der Waals surface area contributed by atoms with E-state index in [1.165, 1.54) is 24.3 Å². The predicted octanol–water partition coefficient (Wildman–Crippen LogP) is 2.72. The fourth-order valence-electron chi connectivity index (χ4n) is 2.08. The Morgan fingerprint density at radius 3 is 1.32 bits per heavy atom. The van der Waals surface area contributed by atoms with E-state index in [4.69, 9.17) is 0 Å². The van der Waals surface area contributed by atoms with Gasteiger partial charge in [-0.15, -0.1) is 0 Å². The van der Waals surface area contributed by atoms with Crippen LogP contribution in [0.2, 0.25) is 0 Å². The molecule has 0 aliphatic carbocycles. The molecule has 0 aliphatic heterocycles. The largest absolute Gasteiger partial charge is 0.508 e. The molecule has 0 bridgehead atoms. The van der Waals surface area contributed by atoms with Gasteiger partial charge in [0.1, 0.15) is 23.0 Å². The van der Waals surface area contributed by atoms with Crippen LogP contribution in [0.5, 0.6) is 23.0 Å². The molecule has 0 atom stereocenters. The Bertz CT molecular complexity index is 577. The highest BCUT2D eigenvalue weighted by molar-refractivity contribution is 5.54. The van der Waals surface area contributed by atoms with E-state index in [1.54, 1.807) is 13.8 Å². The van der Waals surface area contributed by atoms with Gasteiger partial charge in [-0.25, -0.2) is 0 Å². The molecule has 19 heavy (non-hydrogen) atoms. The average Bonchev–Trinajstić information content (AvgIpc) is 2.38. The zero-order valence-electron chi connectivity index (χ0n) is 10.8. The first kappa shape index (κ1) is 13.1. The van der Waals surface area contributed by atoms with Crippen molar-refractivity contribution in [1.29, 1.82) is 0 Å². The van der Waals surface area contributed by atoms with Crippen molar-refractivity contribution in [3.63, 3.8) is 0 Å². The summed E-state index contributed by atoms with van der Waals surface area (Å²) in [6, 6.07) is 5.66. The van der Waals surface area contributed by atoms with Crippen molar-refractivity contribution in [2.45, 2.75) is 20.3 Å². The van der Waals surface area contributed by atoms with Gasteiger partial charge < -0.3 is 20.4 Å². The second kappa shape index (κ2) is 4.72. The number of hydrogen-bond acceptors (Lipinski definition) is 4. The van der Waals surface area contributed by atoms with Gasteiger partial charge in [0.05, 0.1) is 0 Å². The maximum absolute atomic E-state index is 9.87. The zero-order valence-corrected chi connectivity index (χ0v) is 10.8. The topological polar surface area (TPSA) is 80.9 Å². The third kappa shape index (κ3) is 2.29. The molecule has 100 valence electrons. The molecule has 4 N–H and O–H groups in total. The second-order valence-corrected chi connectivity index (χ2v) is 4.59. The van der Waals surface area contributed by atoms with Crippen molar-refractivity contribution in [3.8, 4) is 23.0 Å². The van der Waals surface area contributed by atoms with Crippen LogP contribution in [0.1, 0.15) is 22.3 Å². The summed E-state index contributed by atoms with van der Waals surface area (Å²) in [6.07, 6.45) is 0.234. The molecule has 2 rings (SSSR count). The highest BCUT2D eigenvalue weighted by atomic mass is 16.3. The van der Waals surface area contributed by atoms with Crippen molar-refractivity contribution in [2.75, 3.05) is 0 Å². The smallest absolute Gasteiger partial charge is 0.119 e. The molecule has 0 saturated carbocycles. The summed E-state index contributed by atoms with van der Waals surface area (Å²) in [5.74, 6) is 0.282. The van der Waals surface area contributed by atoms with Crippen LogP contribution in [-0.4, -0.2) is 20.4 Å². The first-order valence-corrected chi connectivity index (χ1v) is 5.92. The first-order valence-electron chi connectivity index (χ1n) is 5.92. The van der Waals surface area contributed by atoms with E-state index < -0.39 is 0 Å². The summed E-state index contributed by atoms with van der Waals surface area (Å²) in [5, 5.41) is 39.1. The lowest BCUT2D eigenvalue weighted by Crippen LogP contribution is -1.96. The lowest BCUT2D eigenvalue weighted by Gasteiger charge is -2.14. The highest BCUT2D eigenvalue weighted by Crippen LogP contribution is 2.35.